The molecule has 0 fully saturated rings. The van der Waals surface area contributed by atoms with Crippen molar-refractivity contribution in [3.63, 3.8) is 0 Å². The van der Waals surface area contributed by atoms with Gasteiger partial charge >= 0.3 is 0 Å². The molecule has 130 valence electrons. The summed E-state index contributed by atoms with van der Waals surface area (Å²) in [6.45, 7) is 6.95. The monoisotopic (exact) mass is 337 g/mol. The van der Waals surface area contributed by atoms with Crippen molar-refractivity contribution in [3.05, 3.63) is 64.7 Å². The Bertz CT molecular complexity index is 780. The highest BCUT2D eigenvalue weighted by molar-refractivity contribution is 6.04. The standard InChI is InChI=1S/C20H23N3O2/c1-3-23(4-2)20(25)14-7-9-18(10-8-14)22-19(24)15-5-6-16-12-21-13-17(16)11-15/h5-11,21H,3-4,12-13H2,1-2H3,(H,22,24). The van der Waals surface area contributed by atoms with Crippen LogP contribution in [-0.2, 0) is 13.1 Å². The molecule has 0 saturated heterocycles. The number of nitrogens with zero attached hydrogens (tertiary/aromatic N) is 1. The van der Waals surface area contributed by atoms with Crippen molar-refractivity contribution < 1.29 is 9.59 Å². The number of anilines is 1. The number of hydrogen-bond acceptors (Lipinski definition) is 3. The van der Waals surface area contributed by atoms with Crippen LogP contribution < -0.4 is 10.6 Å². The predicted molar refractivity (Wildman–Crippen MR) is 98.6 cm³/mol. The summed E-state index contributed by atoms with van der Waals surface area (Å²) in [5.74, 6) is -0.133. The lowest BCUT2D eigenvalue weighted by molar-refractivity contribution is 0.0773. The summed E-state index contributed by atoms with van der Waals surface area (Å²) >= 11 is 0. The smallest absolute Gasteiger partial charge is 0.255 e. The second-order valence-corrected chi connectivity index (χ2v) is 6.10. The van der Waals surface area contributed by atoms with Gasteiger partial charge in [-0.05, 0) is 61.4 Å². The largest absolute Gasteiger partial charge is 0.339 e. The number of amides is 2. The number of carbonyl (C=O) groups is 2. The van der Waals surface area contributed by atoms with Crippen LogP contribution >= 0.6 is 0 Å². The molecular formula is C20H23N3O2. The molecule has 0 bridgehead atoms. The van der Waals surface area contributed by atoms with Gasteiger partial charge in [-0.25, -0.2) is 0 Å². The first-order valence-electron chi connectivity index (χ1n) is 8.65. The molecule has 3 rings (SSSR count). The van der Waals surface area contributed by atoms with Gasteiger partial charge in [0, 0.05) is 43.0 Å². The van der Waals surface area contributed by atoms with Gasteiger partial charge in [-0.2, -0.15) is 0 Å². The van der Waals surface area contributed by atoms with Crippen molar-refractivity contribution in [1.29, 1.82) is 0 Å². The summed E-state index contributed by atoms with van der Waals surface area (Å²) in [5, 5.41) is 6.16. The molecule has 0 radical (unpaired) electrons. The van der Waals surface area contributed by atoms with E-state index in [2.05, 4.69) is 10.6 Å². The zero-order valence-corrected chi connectivity index (χ0v) is 14.6. The van der Waals surface area contributed by atoms with Crippen LogP contribution in [0, 0.1) is 0 Å². The molecule has 0 aliphatic carbocycles. The van der Waals surface area contributed by atoms with E-state index in [4.69, 9.17) is 0 Å². The molecule has 25 heavy (non-hydrogen) atoms. The minimum atomic E-state index is -0.141. The Hall–Kier alpha value is -2.66. The van der Waals surface area contributed by atoms with Gasteiger partial charge in [0.2, 0.25) is 0 Å². The van der Waals surface area contributed by atoms with Gasteiger partial charge in [-0.1, -0.05) is 6.07 Å². The van der Waals surface area contributed by atoms with Crippen molar-refractivity contribution >= 4 is 17.5 Å². The first-order valence-corrected chi connectivity index (χ1v) is 8.65. The average Bonchev–Trinajstić information content (AvgIpc) is 3.11. The molecule has 2 N–H and O–H groups in total. The summed E-state index contributed by atoms with van der Waals surface area (Å²) < 4.78 is 0. The quantitative estimate of drug-likeness (QED) is 0.882. The normalized spacial score (nSPS) is 12.6. The van der Waals surface area contributed by atoms with Crippen molar-refractivity contribution in [2.45, 2.75) is 26.9 Å². The molecule has 0 aromatic heterocycles. The fraction of sp³-hybridized carbons (Fsp3) is 0.300. The van der Waals surface area contributed by atoms with Crippen LogP contribution in [0.4, 0.5) is 5.69 Å². The van der Waals surface area contributed by atoms with E-state index in [0.29, 0.717) is 29.9 Å². The lowest BCUT2D eigenvalue weighted by Crippen LogP contribution is -2.30. The number of rotatable bonds is 5. The van der Waals surface area contributed by atoms with Gasteiger partial charge in [0.15, 0.2) is 0 Å². The number of benzene rings is 2. The first-order chi connectivity index (χ1) is 12.1. The van der Waals surface area contributed by atoms with E-state index in [-0.39, 0.29) is 11.8 Å². The number of hydrogen-bond donors (Lipinski definition) is 2. The van der Waals surface area contributed by atoms with E-state index in [1.807, 2.05) is 32.0 Å². The highest BCUT2D eigenvalue weighted by Gasteiger charge is 2.15. The third kappa shape index (κ3) is 3.72. The fourth-order valence-electron chi connectivity index (χ4n) is 3.03. The maximum Gasteiger partial charge on any atom is 0.255 e. The predicted octanol–water partition coefficient (Wildman–Crippen LogP) is 3.02. The van der Waals surface area contributed by atoms with Gasteiger partial charge in [0.25, 0.3) is 11.8 Å². The van der Waals surface area contributed by atoms with Crippen LogP contribution in [0.5, 0.6) is 0 Å². The van der Waals surface area contributed by atoms with E-state index in [9.17, 15) is 9.59 Å². The summed E-state index contributed by atoms with van der Waals surface area (Å²) in [6, 6.07) is 12.8. The fourth-order valence-corrected chi connectivity index (χ4v) is 3.03. The molecule has 5 nitrogen and oxygen atoms in total. The maximum absolute atomic E-state index is 12.4. The van der Waals surface area contributed by atoms with Gasteiger partial charge in [-0.3, -0.25) is 9.59 Å². The molecule has 0 spiro atoms. The highest BCUT2D eigenvalue weighted by atomic mass is 16.2. The van der Waals surface area contributed by atoms with E-state index in [1.165, 1.54) is 11.1 Å². The molecule has 1 aliphatic rings. The van der Waals surface area contributed by atoms with Crippen LogP contribution in [0.25, 0.3) is 0 Å². The van der Waals surface area contributed by atoms with Crippen molar-refractivity contribution in [2.75, 3.05) is 18.4 Å². The zero-order chi connectivity index (χ0) is 17.8. The van der Waals surface area contributed by atoms with Crippen LogP contribution in [0.3, 0.4) is 0 Å². The topological polar surface area (TPSA) is 61.4 Å². The van der Waals surface area contributed by atoms with Crippen LogP contribution in [0.2, 0.25) is 0 Å². The SMILES string of the molecule is CCN(CC)C(=O)c1ccc(NC(=O)c2ccc3c(c2)CNC3)cc1. The van der Waals surface area contributed by atoms with Crippen LogP contribution in [0.1, 0.15) is 45.7 Å². The third-order valence-corrected chi connectivity index (χ3v) is 4.54. The lowest BCUT2D eigenvalue weighted by atomic mass is 10.1. The molecule has 0 atom stereocenters. The molecule has 5 heteroatoms. The van der Waals surface area contributed by atoms with Gasteiger partial charge in [0.1, 0.15) is 0 Å². The van der Waals surface area contributed by atoms with Crippen molar-refractivity contribution in [1.82, 2.24) is 10.2 Å². The van der Waals surface area contributed by atoms with E-state index >= 15 is 0 Å². The van der Waals surface area contributed by atoms with Gasteiger partial charge < -0.3 is 15.5 Å². The molecule has 0 unspecified atom stereocenters. The molecule has 1 aliphatic heterocycles. The lowest BCUT2D eigenvalue weighted by Gasteiger charge is -2.18. The molecule has 1 heterocycles. The Labute approximate surface area is 148 Å². The molecule has 2 aromatic carbocycles. The number of fused-ring (bicyclic) bond motifs is 1. The molecule has 0 saturated carbocycles. The minimum absolute atomic E-state index is 0.00833. The number of nitrogens with one attached hydrogen (secondary N) is 2. The first kappa shape index (κ1) is 17.2. The second kappa shape index (κ2) is 7.49. The van der Waals surface area contributed by atoms with Gasteiger partial charge in [0.05, 0.1) is 0 Å². The Balaban J connectivity index is 1.69. The van der Waals surface area contributed by atoms with E-state index in [0.717, 1.165) is 13.1 Å². The Morgan fingerprint density at radius 1 is 0.960 bits per heavy atom. The van der Waals surface area contributed by atoms with Crippen molar-refractivity contribution in [2.24, 2.45) is 0 Å². The Morgan fingerprint density at radius 3 is 2.28 bits per heavy atom. The number of carbonyl (C=O) groups excluding carboxylic acids is 2. The average molecular weight is 337 g/mol. The molecule has 2 aromatic rings. The summed E-state index contributed by atoms with van der Waals surface area (Å²) in [7, 11) is 0. The second-order valence-electron chi connectivity index (χ2n) is 6.10. The summed E-state index contributed by atoms with van der Waals surface area (Å²) in [6.07, 6.45) is 0. The van der Waals surface area contributed by atoms with E-state index < -0.39 is 0 Å². The molecule has 2 amide bonds. The zero-order valence-electron chi connectivity index (χ0n) is 14.6. The van der Waals surface area contributed by atoms with E-state index in [1.54, 1.807) is 29.2 Å². The maximum atomic E-state index is 12.4. The molecular weight excluding hydrogens is 314 g/mol. The van der Waals surface area contributed by atoms with Crippen LogP contribution in [0.15, 0.2) is 42.5 Å². The van der Waals surface area contributed by atoms with Gasteiger partial charge in [-0.15, -0.1) is 0 Å². The van der Waals surface area contributed by atoms with Crippen LogP contribution in [-0.4, -0.2) is 29.8 Å². The van der Waals surface area contributed by atoms with Crippen molar-refractivity contribution in [3.8, 4) is 0 Å². The Kier molecular flexibility index (Phi) is 5.14. The summed E-state index contributed by atoms with van der Waals surface area (Å²) in [4.78, 5) is 26.5. The summed E-state index contributed by atoms with van der Waals surface area (Å²) in [5.41, 5.74) is 4.37. The Morgan fingerprint density at radius 2 is 1.60 bits per heavy atom. The minimum Gasteiger partial charge on any atom is -0.339 e. The third-order valence-electron chi connectivity index (χ3n) is 4.54. The highest BCUT2D eigenvalue weighted by Crippen LogP contribution is 2.18.